The number of nitrogens with zero attached hydrogens (tertiary/aromatic N) is 2. The van der Waals surface area contributed by atoms with Gasteiger partial charge in [-0.25, -0.2) is 9.97 Å². The zero-order chi connectivity index (χ0) is 15.9. The highest BCUT2D eigenvalue weighted by molar-refractivity contribution is 9.10. The van der Waals surface area contributed by atoms with Gasteiger partial charge in [0.25, 0.3) is 5.91 Å². The lowest BCUT2D eigenvalue weighted by atomic mass is 10.2. The van der Waals surface area contributed by atoms with E-state index in [1.807, 2.05) is 25.1 Å². The molecule has 0 saturated carbocycles. The Morgan fingerprint density at radius 3 is 2.77 bits per heavy atom. The number of amides is 1. The number of benzene rings is 1. The molecule has 0 fully saturated rings. The molecule has 0 radical (unpaired) electrons. The predicted octanol–water partition coefficient (Wildman–Crippen LogP) is 2.67. The number of anilines is 2. The molecule has 0 aliphatic rings. The van der Waals surface area contributed by atoms with Crippen molar-refractivity contribution in [2.45, 2.75) is 6.92 Å². The van der Waals surface area contributed by atoms with Crippen molar-refractivity contribution in [2.24, 2.45) is 0 Å². The van der Waals surface area contributed by atoms with E-state index < -0.39 is 0 Å². The van der Waals surface area contributed by atoms with E-state index in [2.05, 4.69) is 36.5 Å². The topological polar surface area (TPSA) is 76.1 Å². The molecule has 0 aliphatic carbocycles. The predicted molar refractivity (Wildman–Crippen MR) is 88.4 cm³/mol. The number of nitrogens with one attached hydrogen (secondary N) is 2. The third-order valence-corrected chi connectivity index (χ3v) is 3.42. The van der Waals surface area contributed by atoms with Crippen molar-refractivity contribution in [1.82, 2.24) is 15.3 Å². The maximum Gasteiger partial charge on any atom is 0.271 e. The number of hydrogen-bond acceptors (Lipinski definition) is 5. The van der Waals surface area contributed by atoms with Gasteiger partial charge in [-0.15, -0.1) is 0 Å². The smallest absolute Gasteiger partial charge is 0.271 e. The van der Waals surface area contributed by atoms with Crippen LogP contribution in [0.1, 0.15) is 16.1 Å². The van der Waals surface area contributed by atoms with Gasteiger partial charge in [0.2, 0.25) is 0 Å². The average Bonchev–Trinajstić information content (AvgIpc) is 2.51. The minimum Gasteiger partial charge on any atom is -0.383 e. The fraction of sp³-hybridized carbons (Fsp3) is 0.267. The maximum atomic E-state index is 11.8. The van der Waals surface area contributed by atoms with Crippen molar-refractivity contribution >= 4 is 33.3 Å². The van der Waals surface area contributed by atoms with Crippen molar-refractivity contribution in [1.29, 1.82) is 0 Å². The second kappa shape index (κ2) is 7.86. The van der Waals surface area contributed by atoms with Gasteiger partial charge >= 0.3 is 0 Å². The van der Waals surface area contributed by atoms with E-state index in [0.717, 1.165) is 15.7 Å². The molecule has 0 aliphatic heterocycles. The summed E-state index contributed by atoms with van der Waals surface area (Å²) in [5, 5.41) is 5.86. The molecule has 1 heterocycles. The summed E-state index contributed by atoms with van der Waals surface area (Å²) in [6.45, 7) is 2.90. The number of aromatic nitrogens is 2. The quantitative estimate of drug-likeness (QED) is 0.770. The summed E-state index contributed by atoms with van der Waals surface area (Å²) < 4.78 is 5.89. The third kappa shape index (κ3) is 4.51. The van der Waals surface area contributed by atoms with Crippen LogP contribution in [0.15, 0.2) is 35.1 Å². The van der Waals surface area contributed by atoms with Crippen molar-refractivity contribution in [3.63, 3.8) is 0 Å². The van der Waals surface area contributed by atoms with Crippen LogP contribution in [0.25, 0.3) is 0 Å². The number of aryl methyl sites for hydroxylation is 1. The molecule has 7 heteroatoms. The molecule has 0 bridgehead atoms. The molecule has 0 spiro atoms. The summed E-state index contributed by atoms with van der Waals surface area (Å²) in [5.74, 6) is 0.315. The van der Waals surface area contributed by atoms with Crippen molar-refractivity contribution < 1.29 is 9.53 Å². The summed E-state index contributed by atoms with van der Waals surface area (Å²) in [4.78, 5) is 20.1. The van der Waals surface area contributed by atoms with Crippen LogP contribution in [0, 0.1) is 6.92 Å². The first-order valence-electron chi connectivity index (χ1n) is 6.72. The number of methoxy groups -OCH3 is 1. The SMILES string of the molecule is COCCNC(=O)c1cnc(Nc2ccc(Br)cc2C)cn1. The highest BCUT2D eigenvalue weighted by atomic mass is 79.9. The number of rotatable bonds is 6. The average molecular weight is 365 g/mol. The minimum absolute atomic E-state index is 0.268. The highest BCUT2D eigenvalue weighted by Crippen LogP contribution is 2.22. The normalized spacial score (nSPS) is 10.3. The van der Waals surface area contributed by atoms with Crippen molar-refractivity contribution in [2.75, 3.05) is 25.6 Å². The maximum absolute atomic E-state index is 11.8. The number of halogens is 1. The summed E-state index contributed by atoms with van der Waals surface area (Å²) in [6.07, 6.45) is 2.98. The zero-order valence-corrected chi connectivity index (χ0v) is 14.0. The van der Waals surface area contributed by atoms with Crippen LogP contribution in [0.2, 0.25) is 0 Å². The van der Waals surface area contributed by atoms with E-state index in [-0.39, 0.29) is 11.6 Å². The van der Waals surface area contributed by atoms with Crippen LogP contribution >= 0.6 is 15.9 Å². The Morgan fingerprint density at radius 1 is 1.32 bits per heavy atom. The van der Waals surface area contributed by atoms with E-state index in [4.69, 9.17) is 4.74 Å². The van der Waals surface area contributed by atoms with Gasteiger partial charge in [-0.1, -0.05) is 15.9 Å². The van der Waals surface area contributed by atoms with E-state index in [1.54, 1.807) is 7.11 Å². The van der Waals surface area contributed by atoms with Crippen LogP contribution in [-0.2, 0) is 4.74 Å². The Morgan fingerprint density at radius 2 is 2.14 bits per heavy atom. The lowest BCUT2D eigenvalue weighted by Crippen LogP contribution is -2.27. The largest absolute Gasteiger partial charge is 0.383 e. The van der Waals surface area contributed by atoms with E-state index in [1.165, 1.54) is 12.4 Å². The van der Waals surface area contributed by atoms with Gasteiger partial charge in [0.05, 0.1) is 19.0 Å². The minimum atomic E-state index is -0.268. The molecule has 2 aromatic rings. The molecule has 116 valence electrons. The van der Waals surface area contributed by atoms with Crippen LogP contribution in [0.5, 0.6) is 0 Å². The molecular formula is C15H17BrN4O2. The molecule has 1 aromatic carbocycles. The lowest BCUT2D eigenvalue weighted by Gasteiger charge is -2.09. The second-order valence-electron chi connectivity index (χ2n) is 4.62. The van der Waals surface area contributed by atoms with Gasteiger partial charge in [0, 0.05) is 23.8 Å². The van der Waals surface area contributed by atoms with Crippen LogP contribution in [0.4, 0.5) is 11.5 Å². The van der Waals surface area contributed by atoms with Gasteiger partial charge in [-0.2, -0.15) is 0 Å². The summed E-state index contributed by atoms with van der Waals surface area (Å²) in [7, 11) is 1.58. The Kier molecular flexibility index (Phi) is 5.85. The number of ether oxygens (including phenoxy) is 1. The molecule has 1 aromatic heterocycles. The van der Waals surface area contributed by atoms with Gasteiger partial charge in [0.1, 0.15) is 11.5 Å². The lowest BCUT2D eigenvalue weighted by molar-refractivity contribution is 0.0932. The number of carbonyl (C=O) groups is 1. The molecule has 1 amide bonds. The highest BCUT2D eigenvalue weighted by Gasteiger charge is 2.08. The fourth-order valence-electron chi connectivity index (χ4n) is 1.77. The molecular weight excluding hydrogens is 348 g/mol. The molecule has 0 atom stereocenters. The Hall–Kier alpha value is -1.99. The molecule has 0 unspecified atom stereocenters. The van der Waals surface area contributed by atoms with E-state index in [0.29, 0.717) is 19.0 Å². The molecule has 0 saturated heterocycles. The first-order valence-corrected chi connectivity index (χ1v) is 7.52. The van der Waals surface area contributed by atoms with E-state index in [9.17, 15) is 4.79 Å². The molecule has 2 rings (SSSR count). The summed E-state index contributed by atoms with van der Waals surface area (Å²) >= 11 is 3.42. The second-order valence-corrected chi connectivity index (χ2v) is 5.54. The number of carbonyl (C=O) groups excluding carboxylic acids is 1. The first-order chi connectivity index (χ1) is 10.6. The first kappa shape index (κ1) is 16.4. The summed E-state index contributed by atoms with van der Waals surface area (Å²) in [6, 6.07) is 5.90. The van der Waals surface area contributed by atoms with Gasteiger partial charge in [0.15, 0.2) is 0 Å². The number of hydrogen-bond donors (Lipinski definition) is 2. The van der Waals surface area contributed by atoms with E-state index >= 15 is 0 Å². The van der Waals surface area contributed by atoms with Crippen LogP contribution < -0.4 is 10.6 Å². The standard InChI is InChI=1S/C15H17BrN4O2/c1-10-7-11(16)3-4-12(10)20-14-9-18-13(8-19-14)15(21)17-5-6-22-2/h3-4,7-9H,5-6H2,1-2H3,(H,17,21)(H,19,20). The van der Waals surface area contributed by atoms with Crippen LogP contribution in [0.3, 0.4) is 0 Å². The molecule has 22 heavy (non-hydrogen) atoms. The Balaban J connectivity index is 2.01. The Bertz CT molecular complexity index is 646. The summed E-state index contributed by atoms with van der Waals surface area (Å²) in [5.41, 5.74) is 2.29. The fourth-order valence-corrected chi connectivity index (χ4v) is 2.25. The monoisotopic (exact) mass is 364 g/mol. The van der Waals surface area contributed by atoms with Crippen LogP contribution in [-0.4, -0.2) is 36.1 Å². The van der Waals surface area contributed by atoms with Crippen molar-refractivity contribution in [3.8, 4) is 0 Å². The van der Waals surface area contributed by atoms with Gasteiger partial charge < -0.3 is 15.4 Å². The zero-order valence-electron chi connectivity index (χ0n) is 12.4. The molecule has 6 nitrogen and oxygen atoms in total. The van der Waals surface area contributed by atoms with Gasteiger partial charge in [-0.3, -0.25) is 4.79 Å². The van der Waals surface area contributed by atoms with Crippen molar-refractivity contribution in [3.05, 3.63) is 46.3 Å². The molecule has 2 N–H and O–H groups in total. The Labute approximate surface area is 137 Å². The third-order valence-electron chi connectivity index (χ3n) is 2.93. The van der Waals surface area contributed by atoms with Gasteiger partial charge in [-0.05, 0) is 30.7 Å².